The number of aryl methyl sites for hydroxylation is 1. The highest BCUT2D eigenvalue weighted by molar-refractivity contribution is 8.01. The van der Waals surface area contributed by atoms with Gasteiger partial charge in [-0.3, -0.25) is 0 Å². The van der Waals surface area contributed by atoms with E-state index >= 15 is 0 Å². The first kappa shape index (κ1) is 23.2. The molecular formula is C34H27NOP+. The summed E-state index contributed by atoms with van der Waals surface area (Å²) in [7, 11) is -2.43. The molecule has 1 heterocycles. The Kier molecular flexibility index (Phi) is 6.26. The van der Waals surface area contributed by atoms with Crippen molar-refractivity contribution in [2.45, 2.75) is 6.92 Å². The van der Waals surface area contributed by atoms with Crippen molar-refractivity contribution < 1.29 is 4.42 Å². The summed E-state index contributed by atoms with van der Waals surface area (Å²) in [5.74, 6) is 1.46. The topological polar surface area (TPSA) is 26.0 Å². The standard InChI is InChI=1S/C34H27NOP/c1-26-22-24-27(25-23-26)32-34(35-33(36-32)28-14-6-2-7-15-28)37(29-16-8-3-9-17-29,30-18-10-4-11-19-30)31-20-12-5-13-21-31/h2-25H,1H3/q+1. The van der Waals surface area contributed by atoms with Crippen LogP contribution in [0.3, 0.4) is 0 Å². The molecule has 0 unspecified atom stereocenters. The second-order valence-corrected chi connectivity index (χ2v) is 12.4. The van der Waals surface area contributed by atoms with Crippen molar-refractivity contribution in [1.82, 2.24) is 4.98 Å². The third-order valence-electron chi connectivity index (χ3n) is 6.69. The van der Waals surface area contributed by atoms with Crippen molar-refractivity contribution in [3.05, 3.63) is 151 Å². The van der Waals surface area contributed by atoms with Gasteiger partial charge in [-0.05, 0) is 55.5 Å². The van der Waals surface area contributed by atoms with Crippen molar-refractivity contribution in [2.75, 3.05) is 0 Å². The highest BCUT2D eigenvalue weighted by Gasteiger charge is 2.52. The van der Waals surface area contributed by atoms with E-state index < -0.39 is 7.26 Å². The fourth-order valence-corrected chi connectivity index (χ4v) is 9.11. The molecule has 0 N–H and O–H groups in total. The van der Waals surface area contributed by atoms with Gasteiger partial charge in [-0.2, -0.15) is 4.98 Å². The summed E-state index contributed by atoms with van der Waals surface area (Å²) in [4.78, 5) is 5.36. The molecule has 6 aromatic rings. The van der Waals surface area contributed by atoms with Gasteiger partial charge >= 0.3 is 0 Å². The van der Waals surface area contributed by atoms with E-state index in [1.807, 2.05) is 18.2 Å². The summed E-state index contributed by atoms with van der Waals surface area (Å²) >= 11 is 0. The summed E-state index contributed by atoms with van der Waals surface area (Å²) in [5, 5.41) is 3.73. The lowest BCUT2D eigenvalue weighted by Gasteiger charge is -2.25. The zero-order chi connectivity index (χ0) is 25.1. The lowest BCUT2D eigenvalue weighted by molar-refractivity contribution is 0.589. The van der Waals surface area contributed by atoms with Crippen molar-refractivity contribution in [1.29, 1.82) is 0 Å². The van der Waals surface area contributed by atoms with Crippen molar-refractivity contribution >= 4 is 28.6 Å². The smallest absolute Gasteiger partial charge is 0.245 e. The molecule has 0 saturated heterocycles. The Morgan fingerprint density at radius 1 is 0.486 bits per heavy atom. The van der Waals surface area contributed by atoms with E-state index in [9.17, 15) is 0 Å². The molecule has 6 rings (SSSR count). The van der Waals surface area contributed by atoms with Gasteiger partial charge < -0.3 is 4.42 Å². The molecule has 2 nitrogen and oxygen atoms in total. The molecule has 0 aliphatic rings. The van der Waals surface area contributed by atoms with Crippen LogP contribution in [-0.4, -0.2) is 4.98 Å². The Balaban J connectivity index is 1.76. The van der Waals surface area contributed by atoms with Crippen LogP contribution in [0.2, 0.25) is 0 Å². The fraction of sp³-hybridized carbons (Fsp3) is 0.0294. The summed E-state index contributed by atoms with van der Waals surface area (Å²) in [6.07, 6.45) is 0. The number of oxazole rings is 1. The summed E-state index contributed by atoms with van der Waals surface area (Å²) in [6.45, 7) is 2.11. The van der Waals surface area contributed by atoms with Crippen LogP contribution >= 0.6 is 7.26 Å². The number of hydrogen-bond acceptors (Lipinski definition) is 2. The minimum atomic E-state index is -2.43. The van der Waals surface area contributed by atoms with Crippen LogP contribution in [0, 0.1) is 6.92 Å². The van der Waals surface area contributed by atoms with E-state index in [1.54, 1.807) is 0 Å². The highest BCUT2D eigenvalue weighted by atomic mass is 31.2. The minimum Gasteiger partial charge on any atom is -0.432 e. The van der Waals surface area contributed by atoms with Gasteiger partial charge in [0, 0.05) is 11.1 Å². The molecule has 0 saturated carbocycles. The molecule has 5 aromatic carbocycles. The zero-order valence-electron chi connectivity index (χ0n) is 20.7. The van der Waals surface area contributed by atoms with E-state index in [-0.39, 0.29) is 0 Å². The van der Waals surface area contributed by atoms with Gasteiger partial charge in [0.2, 0.25) is 11.3 Å². The first-order valence-electron chi connectivity index (χ1n) is 12.5. The maximum Gasteiger partial charge on any atom is 0.245 e. The first-order chi connectivity index (χ1) is 18.3. The molecule has 0 aliphatic heterocycles. The quantitative estimate of drug-likeness (QED) is 0.234. The second-order valence-electron chi connectivity index (χ2n) is 9.08. The van der Waals surface area contributed by atoms with Gasteiger partial charge in [-0.25, -0.2) is 0 Å². The predicted octanol–water partition coefficient (Wildman–Crippen LogP) is 6.94. The van der Waals surface area contributed by atoms with Gasteiger partial charge in [-0.15, -0.1) is 0 Å². The Hall–Kier alpha value is -4.26. The predicted molar refractivity (Wildman–Crippen MR) is 157 cm³/mol. The van der Waals surface area contributed by atoms with Crippen LogP contribution in [-0.2, 0) is 0 Å². The summed E-state index contributed by atoms with van der Waals surface area (Å²) < 4.78 is 6.71. The number of aromatic nitrogens is 1. The number of nitrogens with zero attached hydrogens (tertiary/aromatic N) is 1. The van der Waals surface area contributed by atoms with Crippen LogP contribution in [0.1, 0.15) is 5.56 Å². The van der Waals surface area contributed by atoms with Crippen LogP contribution in [0.15, 0.2) is 150 Å². The number of hydrogen-bond donors (Lipinski definition) is 0. The molecular weight excluding hydrogens is 469 g/mol. The second kappa shape index (κ2) is 10.0. The average Bonchev–Trinajstić information content (AvgIpc) is 3.42. The Morgan fingerprint density at radius 3 is 1.38 bits per heavy atom. The lowest BCUT2D eigenvalue weighted by atomic mass is 10.1. The Labute approximate surface area is 218 Å². The van der Waals surface area contributed by atoms with Gasteiger partial charge in [0.25, 0.3) is 0 Å². The largest absolute Gasteiger partial charge is 0.432 e. The highest BCUT2D eigenvalue weighted by Crippen LogP contribution is 2.56. The summed E-state index contributed by atoms with van der Waals surface area (Å²) in [5.41, 5.74) is 4.19. The average molecular weight is 497 g/mol. The Bertz CT molecular complexity index is 1500. The van der Waals surface area contributed by atoms with Crippen LogP contribution in [0.4, 0.5) is 0 Å². The van der Waals surface area contributed by atoms with Gasteiger partial charge in [0.1, 0.15) is 15.9 Å². The molecule has 0 atom stereocenters. The molecule has 0 amide bonds. The molecule has 3 heteroatoms. The van der Waals surface area contributed by atoms with E-state index in [2.05, 4.69) is 134 Å². The molecule has 0 fully saturated rings. The van der Waals surface area contributed by atoms with Gasteiger partial charge in [0.15, 0.2) is 13.0 Å². The van der Waals surface area contributed by atoms with Crippen LogP contribution in [0.25, 0.3) is 22.8 Å². The van der Waals surface area contributed by atoms with E-state index in [0.29, 0.717) is 5.89 Å². The fourth-order valence-electron chi connectivity index (χ4n) is 4.91. The molecule has 0 bridgehead atoms. The number of benzene rings is 5. The van der Waals surface area contributed by atoms with Gasteiger partial charge in [-0.1, -0.05) is 103 Å². The monoisotopic (exact) mass is 496 g/mol. The van der Waals surface area contributed by atoms with Crippen LogP contribution < -0.4 is 21.3 Å². The van der Waals surface area contributed by atoms with Gasteiger partial charge in [0.05, 0.1) is 0 Å². The SMILES string of the molecule is Cc1ccc(-c2oc(-c3ccccc3)nc2[P+](c2ccccc2)(c2ccccc2)c2ccccc2)cc1. The maximum absolute atomic E-state index is 6.71. The summed E-state index contributed by atoms with van der Waals surface area (Å²) in [6, 6.07) is 51.2. The third-order valence-corrected chi connectivity index (χ3v) is 10.8. The van der Waals surface area contributed by atoms with Crippen molar-refractivity contribution in [3.63, 3.8) is 0 Å². The Morgan fingerprint density at radius 2 is 0.919 bits per heavy atom. The molecule has 37 heavy (non-hydrogen) atoms. The van der Waals surface area contributed by atoms with E-state index in [4.69, 9.17) is 9.40 Å². The van der Waals surface area contributed by atoms with E-state index in [0.717, 1.165) is 22.3 Å². The molecule has 0 radical (unpaired) electrons. The minimum absolute atomic E-state index is 0.637. The molecule has 0 aliphatic carbocycles. The molecule has 0 spiro atoms. The maximum atomic E-state index is 6.71. The van der Waals surface area contributed by atoms with E-state index in [1.165, 1.54) is 21.5 Å². The third kappa shape index (κ3) is 4.20. The van der Waals surface area contributed by atoms with Crippen molar-refractivity contribution in [2.24, 2.45) is 0 Å². The number of rotatable bonds is 6. The van der Waals surface area contributed by atoms with Crippen LogP contribution in [0.5, 0.6) is 0 Å². The van der Waals surface area contributed by atoms with Crippen molar-refractivity contribution in [3.8, 4) is 22.8 Å². The lowest BCUT2D eigenvalue weighted by Crippen LogP contribution is -2.40. The zero-order valence-corrected chi connectivity index (χ0v) is 21.6. The molecule has 1 aromatic heterocycles. The first-order valence-corrected chi connectivity index (χ1v) is 14.3. The normalized spacial score (nSPS) is 11.4. The molecule has 178 valence electrons.